The van der Waals surface area contributed by atoms with Crippen LogP contribution in [0.5, 0.6) is 5.75 Å². The predicted octanol–water partition coefficient (Wildman–Crippen LogP) is 2.28. The first-order chi connectivity index (χ1) is 17.2. The third kappa shape index (κ3) is 5.67. The number of benzene rings is 1. The first-order valence-electron chi connectivity index (χ1n) is 11.1. The Morgan fingerprint density at radius 3 is 2.64 bits per heavy atom. The third-order valence-electron chi connectivity index (χ3n) is 5.51. The number of carbonyl (C=O) groups is 1. The molecule has 0 saturated carbocycles. The van der Waals surface area contributed by atoms with Gasteiger partial charge in [0.25, 0.3) is 11.5 Å². The molecule has 3 aromatic rings. The van der Waals surface area contributed by atoms with E-state index in [9.17, 15) is 22.8 Å². The van der Waals surface area contributed by atoms with Crippen LogP contribution in [0.1, 0.15) is 34.2 Å². The van der Waals surface area contributed by atoms with Gasteiger partial charge in [-0.3, -0.25) is 14.3 Å². The van der Waals surface area contributed by atoms with Crippen LogP contribution >= 0.6 is 0 Å². The molecule has 1 aromatic carbocycles. The molecule has 1 atom stereocenters. The molecule has 36 heavy (non-hydrogen) atoms. The Balaban J connectivity index is 1.42. The van der Waals surface area contributed by atoms with E-state index in [1.165, 1.54) is 7.11 Å². The van der Waals surface area contributed by atoms with Crippen LogP contribution in [0.4, 0.5) is 18.9 Å². The topological polar surface area (TPSA) is 112 Å². The number of hydrogen-bond donors (Lipinski definition) is 2. The number of carbonyl (C=O) groups excluding carboxylic acids is 1. The summed E-state index contributed by atoms with van der Waals surface area (Å²) >= 11 is 0. The standard InChI is InChI=1S/C23H25F3N6O4/c1-14(12-36-13-16-9-19-21(33)27-7-8-31(19)30-16)29-18-10-28-32(22(34)20(18)23(24,25)26)11-15-3-5-17(35-2)6-4-15/h3-6,9-10,14,29H,7-8,11-13H2,1-2H3,(H,27,33)/t14-/m0/s1. The third-order valence-corrected chi connectivity index (χ3v) is 5.51. The van der Waals surface area contributed by atoms with Gasteiger partial charge in [0.1, 0.15) is 17.0 Å². The number of rotatable bonds is 9. The fourth-order valence-corrected chi connectivity index (χ4v) is 3.80. The number of halogens is 3. The summed E-state index contributed by atoms with van der Waals surface area (Å²) in [5.41, 5.74) is -1.44. The first kappa shape index (κ1) is 25.2. The van der Waals surface area contributed by atoms with Crippen LogP contribution in [0.2, 0.25) is 0 Å². The largest absolute Gasteiger partial charge is 0.497 e. The average molecular weight is 506 g/mol. The summed E-state index contributed by atoms with van der Waals surface area (Å²) in [6.45, 7) is 2.64. The number of nitrogens with zero attached hydrogens (tertiary/aromatic N) is 4. The number of hydrogen-bond acceptors (Lipinski definition) is 7. The summed E-state index contributed by atoms with van der Waals surface area (Å²) in [5, 5.41) is 13.6. The zero-order chi connectivity index (χ0) is 25.9. The van der Waals surface area contributed by atoms with Crippen molar-refractivity contribution in [2.24, 2.45) is 0 Å². The second-order valence-corrected chi connectivity index (χ2v) is 8.30. The maximum absolute atomic E-state index is 13.8. The SMILES string of the molecule is COc1ccc(Cn2ncc(N[C@@H](C)COCc3cc4n(n3)CCNC4=O)c(C(F)(F)F)c2=O)cc1. The van der Waals surface area contributed by atoms with Gasteiger partial charge in [0.15, 0.2) is 0 Å². The highest BCUT2D eigenvalue weighted by atomic mass is 19.4. The van der Waals surface area contributed by atoms with Crippen molar-refractivity contribution < 1.29 is 27.4 Å². The van der Waals surface area contributed by atoms with Gasteiger partial charge in [0.05, 0.1) is 51.0 Å². The van der Waals surface area contributed by atoms with E-state index >= 15 is 0 Å². The fraction of sp³-hybridized carbons (Fsp3) is 0.391. The Bertz CT molecular complexity index is 1290. The van der Waals surface area contributed by atoms with E-state index < -0.39 is 29.0 Å². The van der Waals surface area contributed by atoms with Crippen LogP contribution in [0.3, 0.4) is 0 Å². The molecule has 1 aliphatic rings. The van der Waals surface area contributed by atoms with Gasteiger partial charge in [-0.25, -0.2) is 4.68 Å². The molecule has 10 nitrogen and oxygen atoms in total. The summed E-state index contributed by atoms with van der Waals surface area (Å²) < 4.78 is 54.5. The normalized spacial score (nSPS) is 14.2. The van der Waals surface area contributed by atoms with E-state index in [0.717, 1.165) is 10.9 Å². The second kappa shape index (κ2) is 10.4. The van der Waals surface area contributed by atoms with Gasteiger partial charge in [-0.05, 0) is 30.7 Å². The van der Waals surface area contributed by atoms with Crippen molar-refractivity contribution >= 4 is 11.6 Å². The minimum Gasteiger partial charge on any atom is -0.497 e. The molecular formula is C23H25F3N6O4. The van der Waals surface area contributed by atoms with Gasteiger partial charge < -0.3 is 20.1 Å². The number of aromatic nitrogens is 4. The number of amides is 1. The molecule has 0 spiro atoms. The zero-order valence-electron chi connectivity index (χ0n) is 19.6. The first-order valence-corrected chi connectivity index (χ1v) is 11.1. The van der Waals surface area contributed by atoms with E-state index in [-0.39, 0.29) is 25.7 Å². The van der Waals surface area contributed by atoms with Gasteiger partial charge in [-0.2, -0.15) is 23.4 Å². The molecule has 0 fully saturated rings. The number of anilines is 1. The molecule has 0 unspecified atom stereocenters. The van der Waals surface area contributed by atoms with E-state index in [0.29, 0.717) is 35.8 Å². The number of methoxy groups -OCH3 is 1. The Morgan fingerprint density at radius 2 is 1.97 bits per heavy atom. The molecular weight excluding hydrogens is 481 g/mol. The van der Waals surface area contributed by atoms with Crippen LogP contribution in [0.15, 0.2) is 41.3 Å². The fourth-order valence-electron chi connectivity index (χ4n) is 3.80. The highest BCUT2D eigenvalue weighted by Gasteiger charge is 2.38. The number of fused-ring (bicyclic) bond motifs is 1. The molecule has 1 amide bonds. The zero-order valence-corrected chi connectivity index (χ0v) is 19.6. The molecule has 4 rings (SSSR count). The highest BCUT2D eigenvalue weighted by Crippen LogP contribution is 2.32. The Kier molecular flexibility index (Phi) is 7.29. The summed E-state index contributed by atoms with van der Waals surface area (Å²) in [6.07, 6.45) is -3.90. The molecule has 2 aromatic heterocycles. The molecule has 1 aliphatic heterocycles. The van der Waals surface area contributed by atoms with E-state index in [1.807, 2.05) is 0 Å². The van der Waals surface area contributed by atoms with E-state index in [2.05, 4.69) is 20.8 Å². The number of alkyl halides is 3. The summed E-state index contributed by atoms with van der Waals surface area (Å²) in [5.74, 6) is 0.368. The van der Waals surface area contributed by atoms with Crippen molar-refractivity contribution in [2.75, 3.05) is 25.6 Å². The van der Waals surface area contributed by atoms with Crippen molar-refractivity contribution in [3.05, 3.63) is 69.4 Å². The number of ether oxygens (including phenoxy) is 2. The predicted molar refractivity (Wildman–Crippen MR) is 123 cm³/mol. The van der Waals surface area contributed by atoms with Gasteiger partial charge in [-0.15, -0.1) is 0 Å². The Labute approximate surface area is 204 Å². The minimum absolute atomic E-state index is 0.0284. The summed E-state index contributed by atoms with van der Waals surface area (Å²) in [7, 11) is 1.50. The van der Waals surface area contributed by atoms with Crippen molar-refractivity contribution in [1.29, 1.82) is 0 Å². The van der Waals surface area contributed by atoms with Gasteiger partial charge >= 0.3 is 6.18 Å². The van der Waals surface area contributed by atoms with Crippen LogP contribution in [0, 0.1) is 0 Å². The van der Waals surface area contributed by atoms with Crippen molar-refractivity contribution in [2.45, 2.75) is 38.8 Å². The lowest BCUT2D eigenvalue weighted by Gasteiger charge is -2.19. The molecule has 192 valence electrons. The quantitative estimate of drug-likeness (QED) is 0.458. The summed E-state index contributed by atoms with van der Waals surface area (Å²) in [6, 6.07) is 7.63. The molecule has 2 N–H and O–H groups in total. The van der Waals surface area contributed by atoms with Gasteiger partial charge in [0, 0.05) is 12.6 Å². The van der Waals surface area contributed by atoms with Crippen molar-refractivity contribution in [1.82, 2.24) is 24.9 Å². The van der Waals surface area contributed by atoms with E-state index in [4.69, 9.17) is 9.47 Å². The smallest absolute Gasteiger partial charge is 0.423 e. The molecule has 3 heterocycles. The van der Waals surface area contributed by atoms with Crippen molar-refractivity contribution in [3.63, 3.8) is 0 Å². The van der Waals surface area contributed by atoms with Crippen LogP contribution in [0.25, 0.3) is 0 Å². The lowest BCUT2D eigenvalue weighted by Crippen LogP contribution is -2.35. The average Bonchev–Trinajstić information content (AvgIpc) is 3.25. The molecule has 13 heteroatoms. The van der Waals surface area contributed by atoms with Crippen LogP contribution < -0.4 is 20.9 Å². The number of nitrogens with one attached hydrogen (secondary N) is 2. The lowest BCUT2D eigenvalue weighted by atomic mass is 10.2. The Hall–Kier alpha value is -3.87. The van der Waals surface area contributed by atoms with Gasteiger partial charge in [0.2, 0.25) is 0 Å². The van der Waals surface area contributed by atoms with Crippen LogP contribution in [-0.4, -0.2) is 51.8 Å². The monoisotopic (exact) mass is 506 g/mol. The Morgan fingerprint density at radius 1 is 1.22 bits per heavy atom. The molecule has 0 bridgehead atoms. The molecule has 0 radical (unpaired) electrons. The van der Waals surface area contributed by atoms with Gasteiger partial charge in [-0.1, -0.05) is 12.1 Å². The molecule has 0 aliphatic carbocycles. The lowest BCUT2D eigenvalue weighted by molar-refractivity contribution is -0.138. The molecule has 0 saturated heterocycles. The summed E-state index contributed by atoms with van der Waals surface area (Å²) in [4.78, 5) is 24.5. The van der Waals surface area contributed by atoms with Crippen molar-refractivity contribution in [3.8, 4) is 5.75 Å². The van der Waals surface area contributed by atoms with Crippen LogP contribution in [-0.2, 0) is 30.6 Å². The maximum atomic E-state index is 13.8. The second-order valence-electron chi connectivity index (χ2n) is 8.30. The minimum atomic E-state index is -4.89. The maximum Gasteiger partial charge on any atom is 0.423 e. The highest BCUT2D eigenvalue weighted by molar-refractivity contribution is 5.93. The van der Waals surface area contributed by atoms with E-state index in [1.54, 1.807) is 41.9 Å².